The van der Waals surface area contributed by atoms with Crippen molar-refractivity contribution in [1.82, 2.24) is 0 Å². The largest absolute Gasteiger partial charge is 0.384 e. The molecule has 4 aliphatic carbocycles. The lowest BCUT2D eigenvalue weighted by atomic mass is 9.45. The van der Waals surface area contributed by atoms with Crippen LogP contribution in [0.3, 0.4) is 0 Å². The van der Waals surface area contributed by atoms with Crippen LogP contribution in [0, 0.1) is 45.8 Å². The SMILES string of the molecule is COC[C@]12CCCC[C@@H]1CC[C@@H]1[C@@H]2CC[C@]2(C)C(=CC#N)CC[C@@H]12. The van der Waals surface area contributed by atoms with Crippen LogP contribution in [0.5, 0.6) is 0 Å². The number of ether oxygens (including phenoxy) is 1. The molecule has 4 fully saturated rings. The zero-order valence-corrected chi connectivity index (χ0v) is 15.5. The Bertz CT molecular complexity index is 557. The molecule has 0 aromatic carbocycles. The van der Waals surface area contributed by atoms with Gasteiger partial charge in [-0.15, -0.1) is 0 Å². The third kappa shape index (κ3) is 2.23. The van der Waals surface area contributed by atoms with Crippen LogP contribution in [0.25, 0.3) is 0 Å². The molecule has 4 aliphatic rings. The number of allylic oxidation sites excluding steroid dienone is 2. The van der Waals surface area contributed by atoms with E-state index in [-0.39, 0.29) is 0 Å². The van der Waals surface area contributed by atoms with Gasteiger partial charge in [0.25, 0.3) is 0 Å². The number of nitrogens with zero attached hydrogens (tertiary/aromatic N) is 1. The number of methoxy groups -OCH3 is 1. The van der Waals surface area contributed by atoms with Gasteiger partial charge in [0.05, 0.1) is 12.7 Å². The van der Waals surface area contributed by atoms with Gasteiger partial charge in [-0.05, 0) is 85.9 Å². The van der Waals surface area contributed by atoms with E-state index in [4.69, 9.17) is 4.74 Å². The Labute approximate surface area is 147 Å². The molecule has 2 nitrogen and oxygen atoms in total. The van der Waals surface area contributed by atoms with Crippen LogP contribution in [-0.2, 0) is 4.74 Å². The van der Waals surface area contributed by atoms with Crippen molar-refractivity contribution in [2.45, 2.75) is 71.1 Å². The second-order valence-electron chi connectivity index (χ2n) is 9.36. The topological polar surface area (TPSA) is 33.0 Å². The first kappa shape index (κ1) is 16.6. The molecule has 132 valence electrons. The van der Waals surface area contributed by atoms with Gasteiger partial charge in [0.15, 0.2) is 0 Å². The quantitative estimate of drug-likeness (QED) is 0.628. The lowest BCUT2D eigenvalue weighted by molar-refractivity contribution is -0.136. The van der Waals surface area contributed by atoms with Crippen molar-refractivity contribution in [2.24, 2.45) is 34.5 Å². The Kier molecular flexibility index (Phi) is 4.28. The molecule has 4 rings (SSSR count). The fourth-order valence-corrected chi connectivity index (χ4v) is 7.78. The summed E-state index contributed by atoms with van der Waals surface area (Å²) in [5, 5.41) is 9.19. The summed E-state index contributed by atoms with van der Waals surface area (Å²) in [6.45, 7) is 3.46. The smallest absolute Gasteiger partial charge is 0.0911 e. The molecule has 0 aromatic heterocycles. The van der Waals surface area contributed by atoms with E-state index in [1.54, 1.807) is 0 Å². The van der Waals surface area contributed by atoms with Crippen molar-refractivity contribution in [1.29, 1.82) is 5.26 Å². The van der Waals surface area contributed by atoms with E-state index in [1.165, 1.54) is 69.8 Å². The predicted octanol–water partition coefficient (Wildman–Crippen LogP) is 5.50. The average molecular weight is 328 g/mol. The monoisotopic (exact) mass is 327 g/mol. The van der Waals surface area contributed by atoms with Gasteiger partial charge in [-0.3, -0.25) is 0 Å². The maximum atomic E-state index is 9.19. The van der Waals surface area contributed by atoms with Crippen LogP contribution in [0.4, 0.5) is 0 Å². The molecule has 0 heterocycles. The Morgan fingerprint density at radius 2 is 2.00 bits per heavy atom. The van der Waals surface area contributed by atoms with Gasteiger partial charge >= 0.3 is 0 Å². The molecule has 0 amide bonds. The summed E-state index contributed by atoms with van der Waals surface area (Å²) in [4.78, 5) is 0. The highest BCUT2D eigenvalue weighted by Crippen LogP contribution is 2.67. The minimum absolute atomic E-state index is 0.312. The lowest BCUT2D eigenvalue weighted by Gasteiger charge is -2.61. The normalized spacial score (nSPS) is 49.1. The molecule has 0 bridgehead atoms. The molecule has 24 heavy (non-hydrogen) atoms. The van der Waals surface area contributed by atoms with Crippen molar-refractivity contribution >= 4 is 0 Å². The van der Waals surface area contributed by atoms with E-state index < -0.39 is 0 Å². The summed E-state index contributed by atoms with van der Waals surface area (Å²) < 4.78 is 5.83. The second-order valence-corrected chi connectivity index (χ2v) is 9.36. The Balaban J connectivity index is 1.67. The molecular formula is C22H33NO. The minimum Gasteiger partial charge on any atom is -0.384 e. The first-order chi connectivity index (χ1) is 11.7. The van der Waals surface area contributed by atoms with Crippen LogP contribution < -0.4 is 0 Å². The van der Waals surface area contributed by atoms with Crippen molar-refractivity contribution < 1.29 is 4.74 Å². The van der Waals surface area contributed by atoms with Crippen LogP contribution in [0.2, 0.25) is 0 Å². The van der Waals surface area contributed by atoms with Gasteiger partial charge < -0.3 is 4.74 Å². The molecule has 0 N–H and O–H groups in total. The summed E-state index contributed by atoms with van der Waals surface area (Å²) in [7, 11) is 1.92. The highest BCUT2D eigenvalue weighted by Gasteiger charge is 2.59. The van der Waals surface area contributed by atoms with Crippen molar-refractivity contribution in [3.63, 3.8) is 0 Å². The summed E-state index contributed by atoms with van der Waals surface area (Å²) >= 11 is 0. The van der Waals surface area contributed by atoms with Crippen molar-refractivity contribution in [3.05, 3.63) is 11.6 Å². The van der Waals surface area contributed by atoms with E-state index in [1.807, 2.05) is 13.2 Å². The number of fused-ring (bicyclic) bond motifs is 5. The van der Waals surface area contributed by atoms with Gasteiger partial charge in [0, 0.05) is 13.2 Å². The minimum atomic E-state index is 0.312. The molecule has 0 aliphatic heterocycles. The molecule has 6 atom stereocenters. The molecule has 0 unspecified atom stereocenters. The molecule has 0 aromatic rings. The van der Waals surface area contributed by atoms with Crippen LogP contribution in [0.15, 0.2) is 11.6 Å². The van der Waals surface area contributed by atoms with Crippen LogP contribution in [-0.4, -0.2) is 13.7 Å². The van der Waals surface area contributed by atoms with E-state index in [2.05, 4.69) is 13.0 Å². The van der Waals surface area contributed by atoms with Gasteiger partial charge in [-0.2, -0.15) is 5.26 Å². The summed E-state index contributed by atoms with van der Waals surface area (Å²) in [5.74, 6) is 3.47. The molecular weight excluding hydrogens is 294 g/mol. The predicted molar refractivity (Wildman–Crippen MR) is 96.2 cm³/mol. The van der Waals surface area contributed by atoms with E-state index >= 15 is 0 Å². The number of nitriles is 1. The zero-order chi connectivity index (χ0) is 16.8. The lowest BCUT2D eigenvalue weighted by Crippen LogP contribution is -2.55. The number of hydrogen-bond acceptors (Lipinski definition) is 2. The van der Waals surface area contributed by atoms with Gasteiger partial charge in [-0.1, -0.05) is 25.3 Å². The summed E-state index contributed by atoms with van der Waals surface area (Å²) in [6, 6.07) is 2.33. The molecule has 2 heteroatoms. The van der Waals surface area contributed by atoms with Crippen molar-refractivity contribution in [3.8, 4) is 6.07 Å². The fraction of sp³-hybridized carbons (Fsp3) is 0.864. The molecule has 0 saturated heterocycles. The van der Waals surface area contributed by atoms with Gasteiger partial charge in [-0.25, -0.2) is 0 Å². The standard InChI is InChI=1S/C22H33NO/c1-21-13-10-20-18(19(21)9-7-16(21)11-14-23)8-6-17-5-3-4-12-22(17,20)15-24-2/h11,17-20H,3-10,12-13,15H2,1-2H3/t17-,18+,19+,20+,21-,22-/m1/s1. The highest BCUT2D eigenvalue weighted by atomic mass is 16.5. The first-order valence-corrected chi connectivity index (χ1v) is 10.2. The Morgan fingerprint density at radius 1 is 1.12 bits per heavy atom. The van der Waals surface area contributed by atoms with E-state index in [9.17, 15) is 5.26 Å². The van der Waals surface area contributed by atoms with Gasteiger partial charge in [0.1, 0.15) is 0 Å². The zero-order valence-electron chi connectivity index (χ0n) is 15.5. The third-order valence-electron chi connectivity index (χ3n) is 8.78. The summed E-state index contributed by atoms with van der Waals surface area (Å²) in [5.41, 5.74) is 2.24. The van der Waals surface area contributed by atoms with Gasteiger partial charge in [0.2, 0.25) is 0 Å². The third-order valence-corrected chi connectivity index (χ3v) is 8.78. The van der Waals surface area contributed by atoms with Crippen LogP contribution >= 0.6 is 0 Å². The van der Waals surface area contributed by atoms with E-state index in [0.717, 1.165) is 30.3 Å². The summed E-state index contributed by atoms with van der Waals surface area (Å²) in [6.07, 6.45) is 15.6. The van der Waals surface area contributed by atoms with Crippen LogP contribution in [0.1, 0.15) is 71.1 Å². The number of rotatable bonds is 2. The molecule has 4 saturated carbocycles. The Hall–Kier alpha value is -0.810. The van der Waals surface area contributed by atoms with E-state index in [0.29, 0.717) is 10.8 Å². The molecule has 0 radical (unpaired) electrons. The number of hydrogen-bond donors (Lipinski definition) is 0. The maximum Gasteiger partial charge on any atom is 0.0911 e. The molecule has 0 spiro atoms. The first-order valence-electron chi connectivity index (χ1n) is 10.2. The highest BCUT2D eigenvalue weighted by molar-refractivity contribution is 5.28. The average Bonchev–Trinajstić information content (AvgIpc) is 2.92. The van der Waals surface area contributed by atoms with Crippen molar-refractivity contribution in [2.75, 3.05) is 13.7 Å². The Morgan fingerprint density at radius 3 is 2.79 bits per heavy atom. The fourth-order valence-electron chi connectivity index (χ4n) is 7.78. The second kappa shape index (κ2) is 6.17. The maximum absolute atomic E-state index is 9.19.